The molecule has 0 spiro atoms. The fraction of sp³-hybridized carbons (Fsp3) is 0.467. The van der Waals surface area contributed by atoms with Gasteiger partial charge in [0.2, 0.25) is 5.91 Å². The molecule has 1 N–H and O–H groups in total. The standard InChI is InChI=1S/C15H19FN2O2/c1-9-13(19)17-12(15(2,3)4)14(20)18(9)11-7-5-10(16)6-8-11/h5-9,12H,1-4H3,(H,17,19). The zero-order valence-electron chi connectivity index (χ0n) is 12.1. The summed E-state index contributed by atoms with van der Waals surface area (Å²) in [6.07, 6.45) is 0. The Labute approximate surface area is 118 Å². The first-order valence-corrected chi connectivity index (χ1v) is 6.61. The number of hydrogen-bond donors (Lipinski definition) is 1. The largest absolute Gasteiger partial charge is 0.342 e. The van der Waals surface area contributed by atoms with Crippen LogP contribution in [0.2, 0.25) is 0 Å². The number of halogens is 1. The van der Waals surface area contributed by atoms with Gasteiger partial charge >= 0.3 is 0 Å². The summed E-state index contributed by atoms with van der Waals surface area (Å²) < 4.78 is 13.0. The van der Waals surface area contributed by atoms with E-state index in [1.807, 2.05) is 20.8 Å². The number of nitrogens with zero attached hydrogens (tertiary/aromatic N) is 1. The van der Waals surface area contributed by atoms with Gasteiger partial charge in [-0.15, -0.1) is 0 Å². The molecule has 0 bridgehead atoms. The molecule has 0 aliphatic carbocycles. The molecule has 0 aromatic heterocycles. The van der Waals surface area contributed by atoms with Crippen LogP contribution < -0.4 is 10.2 Å². The first-order valence-electron chi connectivity index (χ1n) is 6.61. The van der Waals surface area contributed by atoms with Gasteiger partial charge in [0, 0.05) is 5.69 Å². The molecule has 1 aliphatic rings. The molecule has 2 amide bonds. The number of benzene rings is 1. The van der Waals surface area contributed by atoms with E-state index < -0.39 is 12.1 Å². The van der Waals surface area contributed by atoms with Gasteiger partial charge in [-0.05, 0) is 36.6 Å². The zero-order valence-corrected chi connectivity index (χ0v) is 12.1. The van der Waals surface area contributed by atoms with Gasteiger partial charge in [0.1, 0.15) is 17.9 Å². The summed E-state index contributed by atoms with van der Waals surface area (Å²) in [5.74, 6) is -0.743. The lowest BCUT2D eigenvalue weighted by Gasteiger charge is -2.42. The minimum atomic E-state index is -0.605. The maximum Gasteiger partial charge on any atom is 0.250 e. The van der Waals surface area contributed by atoms with Crippen LogP contribution in [-0.2, 0) is 9.59 Å². The number of amides is 2. The van der Waals surface area contributed by atoms with E-state index in [1.54, 1.807) is 6.92 Å². The summed E-state index contributed by atoms with van der Waals surface area (Å²) in [6, 6.07) is 4.41. The second-order valence-corrected chi connectivity index (χ2v) is 6.17. The molecule has 108 valence electrons. The van der Waals surface area contributed by atoms with Gasteiger partial charge in [-0.2, -0.15) is 0 Å². The average Bonchev–Trinajstić information content (AvgIpc) is 2.35. The summed E-state index contributed by atoms with van der Waals surface area (Å²) in [5, 5.41) is 2.76. The Kier molecular flexibility index (Phi) is 3.54. The predicted molar refractivity (Wildman–Crippen MR) is 74.7 cm³/mol. The molecule has 2 atom stereocenters. The molecule has 1 fully saturated rings. The van der Waals surface area contributed by atoms with Crippen molar-refractivity contribution in [3.63, 3.8) is 0 Å². The molecular formula is C15H19FN2O2. The molecule has 2 unspecified atom stereocenters. The van der Waals surface area contributed by atoms with Crippen molar-refractivity contribution in [3.05, 3.63) is 30.1 Å². The normalized spacial score (nSPS) is 23.8. The van der Waals surface area contributed by atoms with Crippen LogP contribution in [0.25, 0.3) is 0 Å². The first-order chi connectivity index (χ1) is 9.21. The van der Waals surface area contributed by atoms with E-state index in [0.29, 0.717) is 5.69 Å². The molecule has 0 saturated carbocycles. The van der Waals surface area contributed by atoms with E-state index in [0.717, 1.165) is 0 Å². The SMILES string of the molecule is CC1C(=O)NC(C(C)(C)C)C(=O)N1c1ccc(F)cc1. The fourth-order valence-corrected chi connectivity index (χ4v) is 2.31. The highest BCUT2D eigenvalue weighted by Gasteiger charge is 2.44. The Morgan fingerprint density at radius 2 is 1.70 bits per heavy atom. The zero-order chi connectivity index (χ0) is 15.1. The summed E-state index contributed by atoms with van der Waals surface area (Å²) in [4.78, 5) is 26.1. The predicted octanol–water partition coefficient (Wildman–Crippen LogP) is 2.09. The molecule has 1 aromatic rings. The number of rotatable bonds is 1. The molecule has 2 rings (SSSR count). The maximum absolute atomic E-state index is 13.0. The van der Waals surface area contributed by atoms with Gasteiger partial charge in [-0.25, -0.2) is 4.39 Å². The summed E-state index contributed by atoms with van der Waals surface area (Å²) in [7, 11) is 0. The molecule has 1 heterocycles. The van der Waals surface area contributed by atoms with Crippen LogP contribution in [0.15, 0.2) is 24.3 Å². The van der Waals surface area contributed by atoms with Crippen LogP contribution in [0.5, 0.6) is 0 Å². The Morgan fingerprint density at radius 3 is 2.20 bits per heavy atom. The smallest absolute Gasteiger partial charge is 0.250 e. The van der Waals surface area contributed by atoms with Crippen LogP contribution >= 0.6 is 0 Å². The van der Waals surface area contributed by atoms with Crippen LogP contribution in [0.3, 0.4) is 0 Å². The van der Waals surface area contributed by atoms with Crippen molar-refractivity contribution < 1.29 is 14.0 Å². The van der Waals surface area contributed by atoms with Crippen molar-refractivity contribution in [1.82, 2.24) is 5.32 Å². The Morgan fingerprint density at radius 1 is 1.15 bits per heavy atom. The second kappa shape index (κ2) is 4.89. The van der Waals surface area contributed by atoms with Gasteiger partial charge in [-0.3, -0.25) is 14.5 Å². The van der Waals surface area contributed by atoms with E-state index in [-0.39, 0.29) is 23.0 Å². The van der Waals surface area contributed by atoms with Crippen molar-refractivity contribution in [2.24, 2.45) is 5.41 Å². The van der Waals surface area contributed by atoms with Crippen LogP contribution in [0.1, 0.15) is 27.7 Å². The van der Waals surface area contributed by atoms with Crippen LogP contribution in [0.4, 0.5) is 10.1 Å². The summed E-state index contributed by atoms with van der Waals surface area (Å²) in [5.41, 5.74) is 0.151. The van der Waals surface area contributed by atoms with Gasteiger partial charge < -0.3 is 5.32 Å². The Hall–Kier alpha value is -1.91. The topological polar surface area (TPSA) is 49.4 Å². The molecule has 1 saturated heterocycles. The van der Waals surface area contributed by atoms with E-state index in [9.17, 15) is 14.0 Å². The highest BCUT2D eigenvalue weighted by atomic mass is 19.1. The molecule has 0 radical (unpaired) electrons. The molecular weight excluding hydrogens is 259 g/mol. The molecule has 1 aliphatic heterocycles. The second-order valence-electron chi connectivity index (χ2n) is 6.17. The van der Waals surface area contributed by atoms with E-state index >= 15 is 0 Å². The minimum Gasteiger partial charge on any atom is -0.342 e. The number of hydrogen-bond acceptors (Lipinski definition) is 2. The highest BCUT2D eigenvalue weighted by Crippen LogP contribution is 2.28. The van der Waals surface area contributed by atoms with Gasteiger partial charge in [0.15, 0.2) is 0 Å². The minimum absolute atomic E-state index is 0.170. The van der Waals surface area contributed by atoms with Crippen molar-refractivity contribution >= 4 is 17.5 Å². The van der Waals surface area contributed by atoms with Crippen molar-refractivity contribution in [3.8, 4) is 0 Å². The van der Waals surface area contributed by atoms with Gasteiger partial charge in [0.05, 0.1) is 0 Å². The van der Waals surface area contributed by atoms with Crippen LogP contribution in [-0.4, -0.2) is 23.9 Å². The number of nitrogens with one attached hydrogen (secondary N) is 1. The molecule has 20 heavy (non-hydrogen) atoms. The Bertz CT molecular complexity index is 534. The first kappa shape index (κ1) is 14.5. The van der Waals surface area contributed by atoms with Crippen LogP contribution in [0, 0.1) is 11.2 Å². The lowest BCUT2D eigenvalue weighted by atomic mass is 9.84. The van der Waals surface area contributed by atoms with E-state index in [2.05, 4.69) is 5.32 Å². The number of carbonyl (C=O) groups excluding carboxylic acids is 2. The molecule has 4 nitrogen and oxygen atoms in total. The van der Waals surface area contributed by atoms with E-state index in [1.165, 1.54) is 29.2 Å². The van der Waals surface area contributed by atoms with Crippen molar-refractivity contribution in [2.75, 3.05) is 4.90 Å². The number of carbonyl (C=O) groups is 2. The number of anilines is 1. The summed E-state index contributed by atoms with van der Waals surface area (Å²) in [6.45, 7) is 7.35. The lowest BCUT2D eigenvalue weighted by Crippen LogP contribution is -2.66. The van der Waals surface area contributed by atoms with Gasteiger partial charge in [-0.1, -0.05) is 20.8 Å². The quantitative estimate of drug-likeness (QED) is 0.855. The third kappa shape index (κ3) is 2.53. The molecule has 5 heteroatoms. The monoisotopic (exact) mass is 278 g/mol. The maximum atomic E-state index is 13.0. The highest BCUT2D eigenvalue weighted by molar-refractivity contribution is 6.08. The third-order valence-corrected chi connectivity index (χ3v) is 3.51. The average molecular weight is 278 g/mol. The third-order valence-electron chi connectivity index (χ3n) is 3.51. The number of piperazine rings is 1. The lowest BCUT2D eigenvalue weighted by molar-refractivity contribution is -0.136. The van der Waals surface area contributed by atoms with E-state index in [4.69, 9.17) is 0 Å². The summed E-state index contributed by atoms with van der Waals surface area (Å²) >= 11 is 0. The Balaban J connectivity index is 2.41. The van der Waals surface area contributed by atoms with Crippen molar-refractivity contribution in [2.45, 2.75) is 39.8 Å². The van der Waals surface area contributed by atoms with Gasteiger partial charge in [0.25, 0.3) is 5.91 Å². The fourth-order valence-electron chi connectivity index (χ4n) is 2.31. The molecule has 1 aromatic carbocycles. The van der Waals surface area contributed by atoms with Crippen molar-refractivity contribution in [1.29, 1.82) is 0 Å².